The van der Waals surface area contributed by atoms with Crippen molar-refractivity contribution in [2.75, 3.05) is 34.4 Å². The Bertz CT molecular complexity index is 1540. The fourth-order valence-corrected chi connectivity index (χ4v) is 5.13. The van der Waals surface area contributed by atoms with Crippen molar-refractivity contribution >= 4 is 17.0 Å². The van der Waals surface area contributed by atoms with E-state index in [9.17, 15) is 9.59 Å². The minimum absolute atomic E-state index is 0.0183. The van der Waals surface area contributed by atoms with Crippen molar-refractivity contribution in [2.24, 2.45) is 7.05 Å². The predicted molar refractivity (Wildman–Crippen MR) is 151 cm³/mol. The van der Waals surface area contributed by atoms with Gasteiger partial charge in [-0.15, -0.1) is 0 Å². The summed E-state index contributed by atoms with van der Waals surface area (Å²) in [6.07, 6.45) is 6.27. The Morgan fingerprint density at radius 1 is 0.950 bits per heavy atom. The van der Waals surface area contributed by atoms with Gasteiger partial charge in [0.25, 0.3) is 5.56 Å². The molecule has 0 bridgehead atoms. The minimum atomic E-state index is -0.336. The summed E-state index contributed by atoms with van der Waals surface area (Å²) in [5.74, 6) is 1.81. The average molecular weight is 547 g/mol. The molecule has 4 aromatic rings. The molecule has 0 saturated carbocycles. The Balaban J connectivity index is 1.50. The molecular weight excluding hydrogens is 512 g/mol. The van der Waals surface area contributed by atoms with Crippen LogP contribution in [0.25, 0.3) is 22.0 Å². The molecule has 10 nitrogen and oxygen atoms in total. The first-order chi connectivity index (χ1) is 19.4. The van der Waals surface area contributed by atoms with Gasteiger partial charge in [0.2, 0.25) is 0 Å². The number of likely N-dealkylation sites (tertiary alicyclic amines) is 1. The molecule has 1 amide bonds. The normalized spacial score (nSPS) is 13.3. The van der Waals surface area contributed by atoms with E-state index in [-0.39, 0.29) is 18.3 Å². The van der Waals surface area contributed by atoms with E-state index in [2.05, 4.69) is 5.10 Å². The highest BCUT2D eigenvalue weighted by Crippen LogP contribution is 2.37. The van der Waals surface area contributed by atoms with Crippen molar-refractivity contribution in [3.05, 3.63) is 70.3 Å². The molecule has 10 heteroatoms. The summed E-state index contributed by atoms with van der Waals surface area (Å²) in [4.78, 5) is 27.6. The molecule has 5 rings (SSSR count). The van der Waals surface area contributed by atoms with Crippen molar-refractivity contribution in [3.8, 4) is 28.4 Å². The fraction of sp³-hybridized carbons (Fsp3) is 0.367. The molecule has 0 spiro atoms. The highest BCUT2D eigenvalue weighted by molar-refractivity contribution is 5.94. The van der Waals surface area contributed by atoms with Gasteiger partial charge in [0.05, 0.1) is 39.6 Å². The molecule has 2 aromatic carbocycles. The molecular formula is C30H34N4O6. The number of hydrogen-bond donors (Lipinski definition) is 0. The monoisotopic (exact) mass is 546 g/mol. The van der Waals surface area contributed by atoms with Crippen molar-refractivity contribution in [3.63, 3.8) is 0 Å². The molecule has 1 aliphatic heterocycles. The van der Waals surface area contributed by atoms with Crippen LogP contribution in [0.4, 0.5) is 4.79 Å². The van der Waals surface area contributed by atoms with Crippen LogP contribution in [0.3, 0.4) is 0 Å². The number of carbonyl (C=O) groups excluding carboxylic acids is 1. The number of aromatic nitrogens is 3. The second kappa shape index (κ2) is 11.7. The number of benzene rings is 2. The molecule has 40 heavy (non-hydrogen) atoms. The van der Waals surface area contributed by atoms with E-state index in [4.69, 9.17) is 18.9 Å². The molecule has 0 atom stereocenters. The van der Waals surface area contributed by atoms with Crippen LogP contribution in [0, 0.1) is 0 Å². The third kappa shape index (κ3) is 5.34. The van der Waals surface area contributed by atoms with Gasteiger partial charge in [-0.2, -0.15) is 5.10 Å². The summed E-state index contributed by atoms with van der Waals surface area (Å²) in [5.41, 5.74) is 3.55. The van der Waals surface area contributed by atoms with Crippen LogP contribution in [-0.2, 0) is 24.9 Å². The Morgan fingerprint density at radius 2 is 1.62 bits per heavy atom. The zero-order chi connectivity index (χ0) is 28.2. The highest BCUT2D eigenvalue weighted by Gasteiger charge is 2.22. The number of nitrogens with zero attached hydrogens (tertiary/aromatic N) is 4. The maximum atomic E-state index is 13.2. The molecule has 2 aromatic heterocycles. The van der Waals surface area contributed by atoms with Gasteiger partial charge in [0, 0.05) is 37.3 Å². The van der Waals surface area contributed by atoms with Crippen LogP contribution in [0.15, 0.2) is 53.6 Å². The zero-order valence-corrected chi connectivity index (χ0v) is 23.3. The van der Waals surface area contributed by atoms with Crippen molar-refractivity contribution in [1.82, 2.24) is 19.2 Å². The molecule has 0 unspecified atom stereocenters. The lowest BCUT2D eigenvalue weighted by atomic mass is 10.0. The lowest BCUT2D eigenvalue weighted by Gasteiger charge is -2.26. The maximum Gasteiger partial charge on any atom is 0.410 e. The van der Waals surface area contributed by atoms with Gasteiger partial charge in [-0.3, -0.25) is 9.48 Å². The number of ether oxygens (including phenoxy) is 4. The Kier molecular flexibility index (Phi) is 7.95. The maximum absolute atomic E-state index is 13.2. The van der Waals surface area contributed by atoms with E-state index in [1.807, 2.05) is 36.4 Å². The van der Waals surface area contributed by atoms with Crippen LogP contribution < -0.4 is 19.8 Å². The van der Waals surface area contributed by atoms with Gasteiger partial charge >= 0.3 is 6.09 Å². The molecule has 1 saturated heterocycles. The van der Waals surface area contributed by atoms with Crippen molar-refractivity contribution < 1.29 is 23.7 Å². The molecule has 1 aliphatic rings. The first kappa shape index (κ1) is 27.1. The topological polar surface area (TPSA) is 97.1 Å². The molecule has 1 fully saturated rings. The summed E-state index contributed by atoms with van der Waals surface area (Å²) in [5, 5.41) is 5.28. The van der Waals surface area contributed by atoms with Crippen LogP contribution in [0.5, 0.6) is 17.2 Å². The standard InChI is InChI=1S/C30H34N4O6/c1-32-18-24(23-16-31-34(28(23)29(32)35)17-20-8-10-22(37-2)11-9-20)21-14-26(38-3)25(27(15-21)39-4)19-40-30(36)33-12-6-5-7-13-33/h8-11,14-16,18H,5-7,12-13,17,19H2,1-4H3. The van der Waals surface area contributed by atoms with Crippen LogP contribution >= 0.6 is 0 Å². The number of aryl methyl sites for hydroxylation is 1. The van der Waals surface area contributed by atoms with Gasteiger partial charge in [-0.05, 0) is 54.7 Å². The number of hydrogen-bond acceptors (Lipinski definition) is 7. The van der Waals surface area contributed by atoms with Crippen LogP contribution in [-0.4, -0.2) is 59.8 Å². The summed E-state index contributed by atoms with van der Waals surface area (Å²) in [6.45, 7) is 1.87. The largest absolute Gasteiger partial charge is 0.497 e. The molecule has 0 aliphatic carbocycles. The summed E-state index contributed by atoms with van der Waals surface area (Å²) >= 11 is 0. The molecule has 210 valence electrons. The quantitative estimate of drug-likeness (QED) is 0.319. The average Bonchev–Trinajstić information content (AvgIpc) is 3.41. The van der Waals surface area contributed by atoms with E-state index in [0.717, 1.165) is 41.7 Å². The second-order valence-corrected chi connectivity index (χ2v) is 9.83. The van der Waals surface area contributed by atoms with E-state index in [1.165, 1.54) is 0 Å². The lowest BCUT2D eigenvalue weighted by Crippen LogP contribution is -2.35. The number of methoxy groups -OCH3 is 3. The van der Waals surface area contributed by atoms with E-state index < -0.39 is 0 Å². The summed E-state index contributed by atoms with van der Waals surface area (Å²) < 4.78 is 25.6. The van der Waals surface area contributed by atoms with Gasteiger partial charge < -0.3 is 28.4 Å². The molecule has 3 heterocycles. The first-order valence-electron chi connectivity index (χ1n) is 13.3. The number of amides is 1. The number of piperidine rings is 1. The third-order valence-corrected chi connectivity index (χ3v) is 7.34. The van der Waals surface area contributed by atoms with Gasteiger partial charge in [-0.1, -0.05) is 12.1 Å². The van der Waals surface area contributed by atoms with Crippen LogP contribution in [0.1, 0.15) is 30.4 Å². The van der Waals surface area contributed by atoms with Crippen LogP contribution in [0.2, 0.25) is 0 Å². The number of fused-ring (bicyclic) bond motifs is 1. The minimum Gasteiger partial charge on any atom is -0.497 e. The fourth-order valence-electron chi connectivity index (χ4n) is 5.13. The van der Waals surface area contributed by atoms with E-state index in [1.54, 1.807) is 54.9 Å². The summed E-state index contributed by atoms with van der Waals surface area (Å²) in [7, 11) is 6.48. The smallest absolute Gasteiger partial charge is 0.410 e. The van der Waals surface area contributed by atoms with Crippen molar-refractivity contribution in [2.45, 2.75) is 32.4 Å². The van der Waals surface area contributed by atoms with Crippen molar-refractivity contribution in [1.29, 1.82) is 0 Å². The predicted octanol–water partition coefficient (Wildman–Crippen LogP) is 4.60. The highest BCUT2D eigenvalue weighted by atomic mass is 16.6. The lowest BCUT2D eigenvalue weighted by molar-refractivity contribution is 0.0881. The zero-order valence-electron chi connectivity index (χ0n) is 23.3. The Labute approximate surface area is 232 Å². The van der Waals surface area contributed by atoms with Gasteiger partial charge in [0.15, 0.2) is 0 Å². The SMILES string of the molecule is COc1ccc(Cn2ncc3c(-c4cc(OC)c(COC(=O)N5CCCCC5)c(OC)c4)cn(C)c(=O)c32)cc1. The van der Waals surface area contributed by atoms with Gasteiger partial charge in [0.1, 0.15) is 29.4 Å². The third-order valence-electron chi connectivity index (χ3n) is 7.34. The van der Waals surface area contributed by atoms with E-state index in [0.29, 0.717) is 47.6 Å². The van der Waals surface area contributed by atoms with Gasteiger partial charge in [-0.25, -0.2) is 4.79 Å². The Hall–Kier alpha value is -4.47. The number of carbonyl (C=O) groups is 1. The number of pyridine rings is 1. The molecule has 0 N–H and O–H groups in total. The first-order valence-corrected chi connectivity index (χ1v) is 13.3. The summed E-state index contributed by atoms with van der Waals surface area (Å²) in [6, 6.07) is 11.4. The second-order valence-electron chi connectivity index (χ2n) is 9.83. The molecule has 0 radical (unpaired) electrons. The number of rotatable bonds is 8. The Morgan fingerprint density at radius 3 is 2.25 bits per heavy atom. The van der Waals surface area contributed by atoms with E-state index >= 15 is 0 Å².